The van der Waals surface area contributed by atoms with Crippen LogP contribution in [0.25, 0.3) is 11.3 Å². The van der Waals surface area contributed by atoms with Crippen molar-refractivity contribution in [2.24, 2.45) is 0 Å². The minimum absolute atomic E-state index is 0.0672. The molecule has 1 aromatic heterocycles. The Kier molecular flexibility index (Phi) is 4.58. The number of nitrogens with zero attached hydrogens (tertiary/aromatic N) is 1. The van der Waals surface area contributed by atoms with Crippen LogP contribution >= 0.6 is 11.3 Å². The molecule has 0 saturated carbocycles. The van der Waals surface area contributed by atoms with Gasteiger partial charge >= 0.3 is 0 Å². The van der Waals surface area contributed by atoms with Crippen molar-refractivity contribution in [2.75, 3.05) is 18.5 Å². The van der Waals surface area contributed by atoms with Crippen LogP contribution < -0.4 is 14.8 Å². The van der Waals surface area contributed by atoms with Gasteiger partial charge in [0, 0.05) is 10.9 Å². The van der Waals surface area contributed by atoms with Crippen LogP contribution in [0.15, 0.2) is 47.8 Å². The summed E-state index contributed by atoms with van der Waals surface area (Å²) in [5.74, 6) is 1.41. The summed E-state index contributed by atoms with van der Waals surface area (Å²) in [7, 11) is 0. The normalized spacial score (nSPS) is 12.7. The highest BCUT2D eigenvalue weighted by atomic mass is 32.1. The Labute approximate surface area is 155 Å². The number of amides is 1. The van der Waals surface area contributed by atoms with E-state index in [0.717, 1.165) is 33.9 Å². The Morgan fingerprint density at radius 1 is 1.15 bits per heavy atom. The molecule has 26 heavy (non-hydrogen) atoms. The highest BCUT2D eigenvalue weighted by molar-refractivity contribution is 7.14. The van der Waals surface area contributed by atoms with Crippen LogP contribution in [0.5, 0.6) is 11.5 Å². The van der Waals surface area contributed by atoms with Crippen molar-refractivity contribution in [3.8, 4) is 22.8 Å². The predicted octanol–water partition coefficient (Wildman–Crippen LogP) is 4.07. The van der Waals surface area contributed by atoms with E-state index in [9.17, 15) is 4.79 Å². The molecule has 0 fully saturated rings. The maximum atomic E-state index is 12.3. The molecule has 0 atom stereocenters. The van der Waals surface area contributed by atoms with Gasteiger partial charge < -0.3 is 14.8 Å². The second-order valence-electron chi connectivity index (χ2n) is 6.05. The number of anilines is 1. The zero-order valence-corrected chi connectivity index (χ0v) is 15.1. The first-order chi connectivity index (χ1) is 12.7. The van der Waals surface area contributed by atoms with E-state index in [1.165, 1.54) is 11.3 Å². The van der Waals surface area contributed by atoms with E-state index in [4.69, 9.17) is 9.47 Å². The van der Waals surface area contributed by atoms with Crippen LogP contribution in [-0.2, 0) is 11.2 Å². The zero-order valence-electron chi connectivity index (χ0n) is 14.3. The number of hydrogen-bond donors (Lipinski definition) is 1. The van der Waals surface area contributed by atoms with E-state index < -0.39 is 0 Å². The number of hydrogen-bond acceptors (Lipinski definition) is 5. The van der Waals surface area contributed by atoms with Gasteiger partial charge in [0.2, 0.25) is 5.91 Å². The lowest BCUT2D eigenvalue weighted by Crippen LogP contribution is -2.15. The highest BCUT2D eigenvalue weighted by Gasteiger charge is 2.14. The second-order valence-corrected chi connectivity index (χ2v) is 6.91. The lowest BCUT2D eigenvalue weighted by Gasteiger charge is -2.18. The maximum Gasteiger partial charge on any atom is 0.230 e. The summed E-state index contributed by atoms with van der Waals surface area (Å²) in [6.45, 7) is 3.12. The van der Waals surface area contributed by atoms with Crippen LogP contribution in [0.3, 0.4) is 0 Å². The monoisotopic (exact) mass is 366 g/mol. The topological polar surface area (TPSA) is 60.5 Å². The van der Waals surface area contributed by atoms with Gasteiger partial charge in [-0.15, -0.1) is 11.3 Å². The lowest BCUT2D eigenvalue weighted by molar-refractivity contribution is -0.115. The van der Waals surface area contributed by atoms with Gasteiger partial charge in [-0.25, -0.2) is 4.98 Å². The van der Waals surface area contributed by atoms with E-state index in [1.54, 1.807) is 0 Å². The van der Waals surface area contributed by atoms with Crippen molar-refractivity contribution in [1.82, 2.24) is 4.98 Å². The number of rotatable bonds is 4. The van der Waals surface area contributed by atoms with Gasteiger partial charge in [0.15, 0.2) is 16.6 Å². The number of fused-ring (bicyclic) bond motifs is 1. The average Bonchev–Trinajstić information content (AvgIpc) is 3.11. The number of aryl methyl sites for hydroxylation is 1. The molecule has 1 amide bonds. The van der Waals surface area contributed by atoms with E-state index in [2.05, 4.69) is 10.3 Å². The number of aromatic nitrogens is 1. The molecule has 1 aliphatic heterocycles. The molecule has 2 heterocycles. The Morgan fingerprint density at radius 3 is 2.81 bits per heavy atom. The molecular weight excluding hydrogens is 348 g/mol. The standard InChI is InChI=1S/C20H18N2O3S/c1-13-4-2-3-5-14(13)11-19(23)22-20-21-16(12-26-20)15-6-7-17-18(10-15)25-9-8-24-17/h2-7,10,12H,8-9,11H2,1H3,(H,21,22,23). The van der Waals surface area contributed by atoms with Gasteiger partial charge in [-0.2, -0.15) is 0 Å². The summed E-state index contributed by atoms with van der Waals surface area (Å²) in [5, 5.41) is 5.40. The van der Waals surface area contributed by atoms with Crippen LogP contribution in [0.2, 0.25) is 0 Å². The summed E-state index contributed by atoms with van der Waals surface area (Å²) >= 11 is 1.41. The van der Waals surface area contributed by atoms with Gasteiger partial charge in [-0.05, 0) is 36.2 Å². The van der Waals surface area contributed by atoms with Gasteiger partial charge in [-0.3, -0.25) is 4.79 Å². The molecule has 1 N–H and O–H groups in total. The third kappa shape index (κ3) is 3.55. The van der Waals surface area contributed by atoms with Gasteiger partial charge in [0.1, 0.15) is 13.2 Å². The molecule has 132 valence electrons. The quantitative estimate of drug-likeness (QED) is 0.756. The van der Waals surface area contributed by atoms with E-state index in [1.807, 2.05) is 54.8 Å². The first kappa shape index (κ1) is 16.6. The van der Waals surface area contributed by atoms with Crippen molar-refractivity contribution in [1.29, 1.82) is 0 Å². The van der Waals surface area contributed by atoms with E-state index >= 15 is 0 Å². The molecule has 1 aliphatic rings. The molecule has 4 rings (SSSR count). The minimum atomic E-state index is -0.0672. The highest BCUT2D eigenvalue weighted by Crippen LogP contribution is 2.35. The summed E-state index contributed by atoms with van der Waals surface area (Å²) in [4.78, 5) is 16.8. The van der Waals surface area contributed by atoms with Crippen molar-refractivity contribution >= 4 is 22.4 Å². The van der Waals surface area contributed by atoms with Gasteiger partial charge in [-0.1, -0.05) is 24.3 Å². The number of carbonyl (C=O) groups excluding carboxylic acids is 1. The van der Waals surface area contributed by atoms with Crippen molar-refractivity contribution in [3.63, 3.8) is 0 Å². The number of benzene rings is 2. The predicted molar refractivity (Wildman–Crippen MR) is 102 cm³/mol. The molecule has 2 aromatic carbocycles. The molecule has 0 spiro atoms. The number of nitrogens with one attached hydrogen (secondary N) is 1. The van der Waals surface area contributed by atoms with Crippen molar-refractivity contribution in [3.05, 3.63) is 59.0 Å². The van der Waals surface area contributed by atoms with Crippen molar-refractivity contribution in [2.45, 2.75) is 13.3 Å². The van der Waals surface area contributed by atoms with Crippen LogP contribution in [0.4, 0.5) is 5.13 Å². The number of thiazole rings is 1. The van der Waals surface area contributed by atoms with E-state index in [0.29, 0.717) is 24.8 Å². The zero-order chi connectivity index (χ0) is 17.9. The van der Waals surface area contributed by atoms with Crippen LogP contribution in [0.1, 0.15) is 11.1 Å². The van der Waals surface area contributed by atoms with Gasteiger partial charge in [0.25, 0.3) is 0 Å². The molecule has 0 saturated heterocycles. The first-order valence-corrected chi connectivity index (χ1v) is 9.27. The molecule has 0 radical (unpaired) electrons. The molecule has 0 aliphatic carbocycles. The fourth-order valence-electron chi connectivity index (χ4n) is 2.81. The third-order valence-electron chi connectivity index (χ3n) is 4.20. The Bertz CT molecular complexity index is 952. The SMILES string of the molecule is Cc1ccccc1CC(=O)Nc1nc(-c2ccc3c(c2)OCCO3)cs1. The number of ether oxygens (including phenoxy) is 2. The molecular formula is C20H18N2O3S. The Morgan fingerprint density at radius 2 is 1.96 bits per heavy atom. The fourth-order valence-corrected chi connectivity index (χ4v) is 3.55. The van der Waals surface area contributed by atoms with Crippen LogP contribution in [0, 0.1) is 6.92 Å². The second kappa shape index (κ2) is 7.17. The smallest absolute Gasteiger partial charge is 0.230 e. The first-order valence-electron chi connectivity index (χ1n) is 8.39. The minimum Gasteiger partial charge on any atom is -0.486 e. The molecule has 6 heteroatoms. The molecule has 3 aromatic rings. The summed E-state index contributed by atoms with van der Waals surface area (Å²) in [6.07, 6.45) is 0.339. The van der Waals surface area contributed by atoms with Crippen molar-refractivity contribution < 1.29 is 14.3 Å². The maximum absolute atomic E-state index is 12.3. The molecule has 0 bridgehead atoms. The third-order valence-corrected chi connectivity index (χ3v) is 4.96. The average molecular weight is 366 g/mol. The summed E-state index contributed by atoms with van der Waals surface area (Å²) < 4.78 is 11.2. The van der Waals surface area contributed by atoms with E-state index in [-0.39, 0.29) is 5.91 Å². The Hall–Kier alpha value is -2.86. The largest absolute Gasteiger partial charge is 0.486 e. The fraction of sp³-hybridized carbons (Fsp3) is 0.200. The number of carbonyl (C=O) groups is 1. The molecule has 5 nitrogen and oxygen atoms in total. The lowest BCUT2D eigenvalue weighted by atomic mass is 10.1. The summed E-state index contributed by atoms with van der Waals surface area (Å²) in [6, 6.07) is 13.6. The Balaban J connectivity index is 1.46. The summed E-state index contributed by atoms with van der Waals surface area (Å²) in [5.41, 5.74) is 3.87. The van der Waals surface area contributed by atoms with Gasteiger partial charge in [0.05, 0.1) is 12.1 Å². The van der Waals surface area contributed by atoms with Crippen LogP contribution in [-0.4, -0.2) is 24.1 Å². The molecule has 0 unspecified atom stereocenters.